The standard InChI is InChI=1S/C23H26ClN3O4/c1-30-20-8-4-18(5-9-20)22(28)26-21(16-17-2-6-19(24)7-3-17)23(29)25-10-11-27-12-14-31-15-13-27/h2-9,16H,10-15H2,1H3,(H,25,29)(H,26,28). The molecule has 2 aromatic carbocycles. The van der Waals surface area contributed by atoms with Crippen molar-refractivity contribution in [3.8, 4) is 5.75 Å². The summed E-state index contributed by atoms with van der Waals surface area (Å²) < 4.78 is 10.5. The fraction of sp³-hybridized carbons (Fsp3) is 0.304. The Kier molecular flexibility index (Phi) is 8.46. The quantitative estimate of drug-likeness (QED) is 0.613. The van der Waals surface area contributed by atoms with Gasteiger partial charge in [-0.1, -0.05) is 23.7 Å². The highest BCUT2D eigenvalue weighted by molar-refractivity contribution is 6.30. The number of hydrogen-bond acceptors (Lipinski definition) is 5. The molecule has 0 saturated carbocycles. The minimum Gasteiger partial charge on any atom is -0.497 e. The highest BCUT2D eigenvalue weighted by Crippen LogP contribution is 2.14. The molecule has 1 saturated heterocycles. The fourth-order valence-electron chi connectivity index (χ4n) is 3.07. The average Bonchev–Trinajstić information content (AvgIpc) is 2.80. The van der Waals surface area contributed by atoms with Gasteiger partial charge >= 0.3 is 0 Å². The van der Waals surface area contributed by atoms with Gasteiger partial charge in [-0.25, -0.2) is 0 Å². The summed E-state index contributed by atoms with van der Waals surface area (Å²) in [6, 6.07) is 13.7. The molecular formula is C23H26ClN3O4. The van der Waals surface area contributed by atoms with Crippen LogP contribution in [-0.2, 0) is 9.53 Å². The molecule has 8 heteroatoms. The molecule has 164 valence electrons. The lowest BCUT2D eigenvalue weighted by Crippen LogP contribution is -2.42. The van der Waals surface area contributed by atoms with Gasteiger partial charge in [0.25, 0.3) is 11.8 Å². The molecule has 2 aromatic rings. The van der Waals surface area contributed by atoms with Gasteiger partial charge in [-0.3, -0.25) is 14.5 Å². The number of methoxy groups -OCH3 is 1. The number of amides is 2. The molecule has 31 heavy (non-hydrogen) atoms. The van der Waals surface area contributed by atoms with Gasteiger partial charge < -0.3 is 20.1 Å². The van der Waals surface area contributed by atoms with Crippen LogP contribution in [-0.4, -0.2) is 63.2 Å². The van der Waals surface area contributed by atoms with Crippen LogP contribution in [0.3, 0.4) is 0 Å². The highest BCUT2D eigenvalue weighted by atomic mass is 35.5. The zero-order chi connectivity index (χ0) is 22.1. The van der Waals surface area contributed by atoms with E-state index in [2.05, 4.69) is 15.5 Å². The van der Waals surface area contributed by atoms with Crippen molar-refractivity contribution in [2.45, 2.75) is 0 Å². The maximum Gasteiger partial charge on any atom is 0.267 e. The Morgan fingerprint density at radius 1 is 1.10 bits per heavy atom. The molecule has 1 fully saturated rings. The van der Waals surface area contributed by atoms with Crippen molar-refractivity contribution >= 4 is 29.5 Å². The third-order valence-electron chi connectivity index (χ3n) is 4.84. The summed E-state index contributed by atoms with van der Waals surface area (Å²) in [5.41, 5.74) is 1.33. The first-order valence-corrected chi connectivity index (χ1v) is 10.4. The van der Waals surface area contributed by atoms with Crippen molar-refractivity contribution in [3.63, 3.8) is 0 Å². The van der Waals surface area contributed by atoms with Crippen LogP contribution in [0.4, 0.5) is 0 Å². The van der Waals surface area contributed by atoms with Gasteiger partial charge in [0, 0.05) is 36.8 Å². The van der Waals surface area contributed by atoms with Gasteiger partial charge in [-0.05, 0) is 48.0 Å². The van der Waals surface area contributed by atoms with Gasteiger partial charge in [-0.15, -0.1) is 0 Å². The second kappa shape index (κ2) is 11.5. The number of benzene rings is 2. The van der Waals surface area contributed by atoms with Crippen LogP contribution in [0.5, 0.6) is 5.75 Å². The molecule has 0 spiro atoms. The summed E-state index contributed by atoms with van der Waals surface area (Å²) in [6.45, 7) is 4.28. The van der Waals surface area contributed by atoms with Crippen molar-refractivity contribution in [1.82, 2.24) is 15.5 Å². The van der Waals surface area contributed by atoms with Crippen molar-refractivity contribution in [2.24, 2.45) is 0 Å². The summed E-state index contributed by atoms with van der Waals surface area (Å²) >= 11 is 5.95. The van der Waals surface area contributed by atoms with Gasteiger partial charge in [0.2, 0.25) is 0 Å². The maximum atomic E-state index is 12.8. The van der Waals surface area contributed by atoms with E-state index in [0.717, 1.165) is 25.2 Å². The first kappa shape index (κ1) is 22.8. The average molecular weight is 444 g/mol. The largest absolute Gasteiger partial charge is 0.497 e. The molecule has 3 rings (SSSR count). The van der Waals surface area contributed by atoms with E-state index < -0.39 is 0 Å². The predicted molar refractivity (Wildman–Crippen MR) is 120 cm³/mol. The van der Waals surface area contributed by atoms with Gasteiger partial charge in [0.05, 0.1) is 20.3 Å². The minimum absolute atomic E-state index is 0.158. The molecule has 0 bridgehead atoms. The van der Waals surface area contributed by atoms with Crippen LogP contribution in [0.2, 0.25) is 5.02 Å². The summed E-state index contributed by atoms with van der Waals surface area (Å²) in [7, 11) is 1.56. The fourth-order valence-corrected chi connectivity index (χ4v) is 3.19. The summed E-state index contributed by atoms with van der Waals surface area (Å²) in [5, 5.41) is 6.20. The predicted octanol–water partition coefficient (Wildman–Crippen LogP) is 2.57. The first-order valence-electron chi connectivity index (χ1n) is 10.1. The normalized spacial score (nSPS) is 14.7. The molecule has 1 aliphatic heterocycles. The Bertz CT molecular complexity index is 907. The van der Waals surface area contributed by atoms with Crippen LogP contribution in [0, 0.1) is 0 Å². The number of carbonyl (C=O) groups excluding carboxylic acids is 2. The van der Waals surface area contributed by atoms with E-state index in [4.69, 9.17) is 21.1 Å². The molecule has 7 nitrogen and oxygen atoms in total. The molecule has 1 aliphatic rings. The molecular weight excluding hydrogens is 418 g/mol. The lowest BCUT2D eigenvalue weighted by molar-refractivity contribution is -0.117. The Morgan fingerprint density at radius 3 is 2.42 bits per heavy atom. The van der Waals surface area contributed by atoms with Gasteiger partial charge in [0.15, 0.2) is 0 Å². The Morgan fingerprint density at radius 2 is 1.77 bits per heavy atom. The number of morpholine rings is 1. The Hall–Kier alpha value is -2.87. The van der Waals surface area contributed by atoms with Crippen molar-refractivity contribution < 1.29 is 19.1 Å². The van der Waals surface area contributed by atoms with E-state index >= 15 is 0 Å². The number of rotatable bonds is 8. The number of nitrogens with zero attached hydrogens (tertiary/aromatic N) is 1. The molecule has 0 aliphatic carbocycles. The van der Waals surface area contributed by atoms with Crippen molar-refractivity contribution in [2.75, 3.05) is 46.5 Å². The molecule has 1 heterocycles. The highest BCUT2D eigenvalue weighted by Gasteiger charge is 2.16. The lowest BCUT2D eigenvalue weighted by atomic mass is 10.1. The van der Waals surface area contributed by atoms with Crippen molar-refractivity contribution in [3.05, 3.63) is 70.4 Å². The van der Waals surface area contributed by atoms with Crippen LogP contribution in [0.25, 0.3) is 6.08 Å². The third kappa shape index (κ3) is 7.10. The van der Waals surface area contributed by atoms with E-state index in [1.807, 2.05) is 0 Å². The molecule has 2 N–H and O–H groups in total. The Labute approximate surface area is 187 Å². The van der Waals surface area contributed by atoms with Gasteiger partial charge in [-0.2, -0.15) is 0 Å². The van der Waals surface area contributed by atoms with Crippen LogP contribution in [0.15, 0.2) is 54.2 Å². The van der Waals surface area contributed by atoms with Crippen LogP contribution >= 0.6 is 11.6 Å². The van der Waals surface area contributed by atoms with E-state index in [1.54, 1.807) is 61.7 Å². The molecule has 0 aromatic heterocycles. The van der Waals surface area contributed by atoms with Crippen molar-refractivity contribution in [1.29, 1.82) is 0 Å². The maximum absolute atomic E-state index is 12.8. The van der Waals surface area contributed by atoms with E-state index in [1.165, 1.54) is 0 Å². The molecule has 0 radical (unpaired) electrons. The second-order valence-corrected chi connectivity index (χ2v) is 7.44. The second-order valence-electron chi connectivity index (χ2n) is 7.00. The Balaban J connectivity index is 1.69. The minimum atomic E-state index is -0.383. The number of nitrogens with one attached hydrogen (secondary N) is 2. The van der Waals surface area contributed by atoms with Crippen LogP contribution in [0.1, 0.15) is 15.9 Å². The number of halogens is 1. The summed E-state index contributed by atoms with van der Waals surface area (Å²) in [4.78, 5) is 27.8. The lowest BCUT2D eigenvalue weighted by Gasteiger charge is -2.26. The smallest absolute Gasteiger partial charge is 0.267 e. The monoisotopic (exact) mass is 443 g/mol. The third-order valence-corrected chi connectivity index (χ3v) is 5.10. The van der Waals surface area contributed by atoms with Gasteiger partial charge in [0.1, 0.15) is 11.4 Å². The number of hydrogen-bond donors (Lipinski definition) is 2. The molecule has 2 amide bonds. The number of ether oxygens (including phenoxy) is 2. The SMILES string of the molecule is COc1ccc(C(=O)NC(=Cc2ccc(Cl)cc2)C(=O)NCCN2CCOCC2)cc1. The van der Waals surface area contributed by atoms with E-state index in [9.17, 15) is 9.59 Å². The van der Waals surface area contributed by atoms with E-state index in [-0.39, 0.29) is 17.5 Å². The zero-order valence-electron chi connectivity index (χ0n) is 17.4. The summed E-state index contributed by atoms with van der Waals surface area (Å²) in [5.74, 6) is -0.0920. The summed E-state index contributed by atoms with van der Waals surface area (Å²) in [6.07, 6.45) is 1.63. The number of carbonyl (C=O) groups is 2. The molecule has 0 atom stereocenters. The molecule has 0 unspecified atom stereocenters. The van der Waals surface area contributed by atoms with Crippen LogP contribution < -0.4 is 15.4 Å². The van der Waals surface area contributed by atoms with E-state index in [0.29, 0.717) is 36.1 Å². The zero-order valence-corrected chi connectivity index (χ0v) is 18.2. The first-order chi connectivity index (χ1) is 15.0. The topological polar surface area (TPSA) is 79.9 Å².